The molecule has 240 valence electrons. The van der Waals surface area contributed by atoms with Crippen LogP contribution in [0.25, 0.3) is 71.7 Å². The lowest BCUT2D eigenvalue weighted by Gasteiger charge is -2.25. The molecule has 0 aliphatic rings. The summed E-state index contributed by atoms with van der Waals surface area (Å²) in [7, 11) is 0. The molecular formula is C47H31N3O. The summed E-state index contributed by atoms with van der Waals surface area (Å²) in [5.74, 6) is 0.843. The van der Waals surface area contributed by atoms with E-state index >= 15 is 0 Å². The third-order valence-corrected chi connectivity index (χ3v) is 9.85. The van der Waals surface area contributed by atoms with Crippen LogP contribution in [0.15, 0.2) is 193 Å². The molecule has 0 aliphatic heterocycles. The van der Waals surface area contributed by atoms with E-state index in [2.05, 4.69) is 173 Å². The van der Waals surface area contributed by atoms with Gasteiger partial charge in [-0.25, -0.2) is 4.98 Å². The summed E-state index contributed by atoms with van der Waals surface area (Å²) in [6, 6.07) is 64.1. The van der Waals surface area contributed by atoms with Crippen LogP contribution in [-0.2, 0) is 0 Å². The van der Waals surface area contributed by atoms with Gasteiger partial charge in [0.2, 0.25) is 0 Å². The fraction of sp³-hybridized carbons (Fsp3) is 0. The Balaban J connectivity index is 1.16. The van der Waals surface area contributed by atoms with Gasteiger partial charge in [0.25, 0.3) is 0 Å². The van der Waals surface area contributed by atoms with Gasteiger partial charge in [0.05, 0.1) is 11.0 Å². The van der Waals surface area contributed by atoms with Crippen molar-refractivity contribution >= 4 is 60.9 Å². The summed E-state index contributed by atoms with van der Waals surface area (Å²) in [5, 5.41) is 4.62. The van der Waals surface area contributed by atoms with Gasteiger partial charge in [-0.05, 0) is 83.4 Å². The summed E-state index contributed by atoms with van der Waals surface area (Å²) in [4.78, 5) is 7.31. The van der Waals surface area contributed by atoms with E-state index in [1.165, 1.54) is 21.9 Å². The van der Waals surface area contributed by atoms with Crippen molar-refractivity contribution in [2.75, 3.05) is 4.90 Å². The van der Waals surface area contributed by atoms with Gasteiger partial charge in [0, 0.05) is 50.4 Å². The van der Waals surface area contributed by atoms with Crippen molar-refractivity contribution in [3.63, 3.8) is 0 Å². The Bertz CT molecular complexity index is 2750. The van der Waals surface area contributed by atoms with Gasteiger partial charge in [0.15, 0.2) is 0 Å². The van der Waals surface area contributed by atoms with E-state index in [9.17, 15) is 0 Å². The van der Waals surface area contributed by atoms with Gasteiger partial charge in [-0.2, -0.15) is 0 Å². The summed E-state index contributed by atoms with van der Waals surface area (Å²) < 4.78 is 8.57. The summed E-state index contributed by atoms with van der Waals surface area (Å²) >= 11 is 0. The third-order valence-electron chi connectivity index (χ3n) is 9.85. The Morgan fingerprint density at radius 3 is 1.78 bits per heavy atom. The molecule has 0 N–H and O–H groups in total. The lowest BCUT2D eigenvalue weighted by Crippen LogP contribution is -2.11. The highest BCUT2D eigenvalue weighted by Gasteiger charge is 2.19. The number of hydrogen-bond acceptors (Lipinski definition) is 3. The fourth-order valence-electron chi connectivity index (χ4n) is 7.40. The first-order valence-corrected chi connectivity index (χ1v) is 17.2. The maximum atomic E-state index is 6.20. The maximum absolute atomic E-state index is 6.20. The number of nitrogens with zero attached hydrogens (tertiary/aromatic N) is 3. The van der Waals surface area contributed by atoms with Gasteiger partial charge in [-0.15, -0.1) is 0 Å². The Labute approximate surface area is 295 Å². The van der Waals surface area contributed by atoms with Crippen LogP contribution in [0.1, 0.15) is 0 Å². The predicted octanol–water partition coefficient (Wildman–Crippen LogP) is 12.9. The number of benzene rings is 7. The molecule has 0 fully saturated rings. The van der Waals surface area contributed by atoms with Crippen LogP contribution < -0.4 is 4.90 Å². The van der Waals surface area contributed by atoms with Crippen molar-refractivity contribution in [1.29, 1.82) is 0 Å². The molecule has 3 aromatic heterocycles. The molecule has 4 nitrogen and oxygen atoms in total. The topological polar surface area (TPSA) is 34.2 Å². The lowest BCUT2D eigenvalue weighted by atomic mass is 10.0. The first-order valence-electron chi connectivity index (χ1n) is 17.2. The van der Waals surface area contributed by atoms with Crippen LogP contribution in [0.2, 0.25) is 0 Å². The maximum Gasteiger partial charge on any atom is 0.137 e. The van der Waals surface area contributed by atoms with Gasteiger partial charge >= 0.3 is 0 Å². The number of para-hydroxylation sites is 2. The molecule has 7 aromatic carbocycles. The van der Waals surface area contributed by atoms with Crippen LogP contribution in [0, 0.1) is 0 Å². The van der Waals surface area contributed by atoms with Crippen LogP contribution in [0.5, 0.6) is 0 Å². The zero-order valence-electron chi connectivity index (χ0n) is 27.6. The van der Waals surface area contributed by atoms with Crippen molar-refractivity contribution < 1.29 is 4.42 Å². The molecule has 10 aromatic rings. The number of hydrogen-bond donors (Lipinski definition) is 0. The van der Waals surface area contributed by atoms with Crippen molar-refractivity contribution in [2.45, 2.75) is 0 Å². The van der Waals surface area contributed by atoms with Crippen molar-refractivity contribution in [3.8, 4) is 27.9 Å². The van der Waals surface area contributed by atoms with Crippen LogP contribution >= 0.6 is 0 Å². The van der Waals surface area contributed by atoms with E-state index in [4.69, 9.17) is 9.40 Å². The zero-order valence-corrected chi connectivity index (χ0v) is 27.6. The third kappa shape index (κ3) is 4.96. The minimum Gasteiger partial charge on any atom is -0.456 e. The van der Waals surface area contributed by atoms with E-state index in [1.807, 2.05) is 24.4 Å². The average Bonchev–Trinajstić information content (AvgIpc) is 3.74. The second kappa shape index (κ2) is 11.9. The van der Waals surface area contributed by atoms with E-state index < -0.39 is 0 Å². The smallest absolute Gasteiger partial charge is 0.137 e. The Morgan fingerprint density at radius 2 is 1.02 bits per heavy atom. The summed E-state index contributed by atoms with van der Waals surface area (Å²) in [6.07, 6.45) is 1.97. The molecule has 0 aliphatic carbocycles. The zero-order chi connectivity index (χ0) is 33.7. The van der Waals surface area contributed by atoms with Gasteiger partial charge in [-0.1, -0.05) is 115 Å². The Hall–Kier alpha value is -6.91. The number of pyridine rings is 1. The minimum atomic E-state index is 0.843. The quantitative estimate of drug-likeness (QED) is 0.179. The van der Waals surface area contributed by atoms with Crippen LogP contribution in [0.4, 0.5) is 17.2 Å². The first kappa shape index (κ1) is 29.0. The Morgan fingerprint density at radius 1 is 0.412 bits per heavy atom. The number of fused-ring (bicyclic) bond motifs is 6. The SMILES string of the molecule is c1ccc(-c2ccc(N(c3ccc4c5ccccc5n(-c5ccc6oc7ccccc7c6c5)c4c3)c3ccc(-c4ccccc4)cn3)cc2)cc1. The summed E-state index contributed by atoms with van der Waals surface area (Å²) in [6.45, 7) is 0. The molecule has 0 unspecified atom stereocenters. The van der Waals surface area contributed by atoms with Crippen LogP contribution in [-0.4, -0.2) is 9.55 Å². The normalized spacial score (nSPS) is 11.5. The average molecular weight is 654 g/mol. The molecule has 0 amide bonds. The van der Waals surface area contributed by atoms with Gasteiger partial charge in [0.1, 0.15) is 17.0 Å². The molecule has 0 saturated carbocycles. The van der Waals surface area contributed by atoms with Gasteiger partial charge < -0.3 is 8.98 Å². The van der Waals surface area contributed by atoms with Crippen LogP contribution in [0.3, 0.4) is 0 Å². The highest BCUT2D eigenvalue weighted by Crippen LogP contribution is 2.41. The van der Waals surface area contributed by atoms with E-state index in [0.29, 0.717) is 0 Å². The second-order valence-electron chi connectivity index (χ2n) is 12.9. The standard InChI is InChI=1S/C47H31N3O/c1-3-11-32(12-4-1)34-19-22-36(23-20-34)49(47-28-21-35(31-48-47)33-13-5-2-6-14-33)38-24-26-40-39-15-7-9-17-43(39)50(44(40)30-38)37-25-27-46-42(29-37)41-16-8-10-18-45(41)51-46/h1-31H. The highest BCUT2D eigenvalue weighted by atomic mass is 16.3. The van der Waals surface area contributed by atoms with Crippen molar-refractivity contribution in [1.82, 2.24) is 9.55 Å². The molecular weight excluding hydrogens is 623 g/mol. The fourth-order valence-corrected chi connectivity index (χ4v) is 7.40. The molecule has 0 bridgehead atoms. The number of furan rings is 1. The largest absolute Gasteiger partial charge is 0.456 e. The van der Waals surface area contributed by atoms with E-state index in [1.54, 1.807) is 0 Å². The molecule has 0 radical (unpaired) electrons. The Kier molecular flexibility index (Phi) is 6.78. The number of aromatic nitrogens is 2. The molecule has 0 saturated heterocycles. The van der Waals surface area contributed by atoms with E-state index in [-0.39, 0.29) is 0 Å². The number of anilines is 3. The minimum absolute atomic E-state index is 0.843. The first-order chi connectivity index (χ1) is 25.3. The molecule has 0 atom stereocenters. The highest BCUT2D eigenvalue weighted by molar-refractivity contribution is 6.11. The van der Waals surface area contributed by atoms with Crippen molar-refractivity contribution in [3.05, 3.63) is 188 Å². The summed E-state index contributed by atoms with van der Waals surface area (Å²) in [5.41, 5.74) is 11.8. The monoisotopic (exact) mass is 653 g/mol. The molecule has 3 heterocycles. The van der Waals surface area contributed by atoms with Gasteiger partial charge in [-0.3, -0.25) is 4.90 Å². The molecule has 0 spiro atoms. The molecule has 4 heteroatoms. The van der Waals surface area contributed by atoms with E-state index in [0.717, 1.165) is 67.0 Å². The molecule has 10 rings (SSSR count). The van der Waals surface area contributed by atoms with Crippen molar-refractivity contribution in [2.24, 2.45) is 0 Å². The lowest BCUT2D eigenvalue weighted by molar-refractivity contribution is 0.669. The number of rotatable bonds is 6. The molecule has 51 heavy (non-hydrogen) atoms. The second-order valence-corrected chi connectivity index (χ2v) is 12.9. The predicted molar refractivity (Wildman–Crippen MR) is 211 cm³/mol.